The lowest BCUT2D eigenvalue weighted by molar-refractivity contribution is 0.105. The second-order valence-corrected chi connectivity index (χ2v) is 7.77. The lowest BCUT2D eigenvalue weighted by atomic mass is 10.1. The normalized spacial score (nSPS) is 12.3. The Kier molecular flexibility index (Phi) is 5.53. The third-order valence-corrected chi connectivity index (χ3v) is 5.47. The molecule has 148 valence electrons. The average Bonchev–Trinajstić information content (AvgIpc) is 3.38. The predicted molar refractivity (Wildman–Crippen MR) is 112 cm³/mol. The van der Waals surface area contributed by atoms with Crippen LogP contribution in [0.3, 0.4) is 0 Å². The van der Waals surface area contributed by atoms with Crippen LogP contribution in [-0.4, -0.2) is 19.7 Å². The molecule has 0 amide bonds. The molecule has 4 rings (SSSR count). The molecular formula is C23H20O5S. The fourth-order valence-corrected chi connectivity index (χ4v) is 3.75. The first-order valence-electron chi connectivity index (χ1n) is 9.10. The fourth-order valence-electron chi connectivity index (χ4n) is 2.96. The Labute approximate surface area is 173 Å². The van der Waals surface area contributed by atoms with E-state index in [-0.39, 0.29) is 12.6 Å². The fraction of sp³-hybridized carbons (Fsp3) is 0.174. The van der Waals surface area contributed by atoms with Gasteiger partial charge in [-0.3, -0.25) is 4.79 Å². The molecule has 0 N–H and O–H groups in total. The summed E-state index contributed by atoms with van der Waals surface area (Å²) >= 11 is 1.49. The SMILES string of the molecule is COc1ccc(/C=C/C(=O)c2ccc(C)s2)cc1COc1ccc2c(c1)OCO2. The molecule has 0 saturated heterocycles. The molecule has 2 heterocycles. The average molecular weight is 408 g/mol. The smallest absolute Gasteiger partial charge is 0.231 e. The van der Waals surface area contributed by atoms with Crippen LogP contribution >= 0.6 is 11.3 Å². The molecule has 0 aliphatic carbocycles. The van der Waals surface area contributed by atoms with Crippen molar-refractivity contribution in [2.24, 2.45) is 0 Å². The van der Waals surface area contributed by atoms with Crippen LogP contribution in [0.25, 0.3) is 6.08 Å². The van der Waals surface area contributed by atoms with Crippen molar-refractivity contribution in [2.45, 2.75) is 13.5 Å². The highest BCUT2D eigenvalue weighted by Crippen LogP contribution is 2.35. The minimum Gasteiger partial charge on any atom is -0.496 e. The summed E-state index contributed by atoms with van der Waals surface area (Å²) < 4.78 is 22.1. The summed E-state index contributed by atoms with van der Waals surface area (Å²) in [7, 11) is 1.62. The van der Waals surface area contributed by atoms with Crippen molar-refractivity contribution < 1.29 is 23.7 Å². The molecule has 0 saturated carbocycles. The van der Waals surface area contributed by atoms with Gasteiger partial charge in [0.25, 0.3) is 0 Å². The molecule has 1 aromatic heterocycles. The van der Waals surface area contributed by atoms with Crippen LogP contribution in [0.2, 0.25) is 0 Å². The molecule has 1 aliphatic heterocycles. The van der Waals surface area contributed by atoms with Crippen LogP contribution in [0.1, 0.15) is 25.7 Å². The third-order valence-electron chi connectivity index (χ3n) is 4.45. The van der Waals surface area contributed by atoms with Gasteiger partial charge in [-0.25, -0.2) is 0 Å². The van der Waals surface area contributed by atoms with Crippen LogP contribution < -0.4 is 18.9 Å². The highest BCUT2D eigenvalue weighted by molar-refractivity contribution is 7.14. The number of benzene rings is 2. The van der Waals surface area contributed by atoms with Gasteiger partial charge >= 0.3 is 0 Å². The van der Waals surface area contributed by atoms with Gasteiger partial charge in [-0.05, 0) is 55.0 Å². The molecule has 0 fully saturated rings. The number of ketones is 1. The molecule has 0 unspecified atom stereocenters. The summed E-state index contributed by atoms with van der Waals surface area (Å²) in [6.07, 6.45) is 3.40. The van der Waals surface area contributed by atoms with Crippen LogP contribution in [0, 0.1) is 6.92 Å². The number of carbonyl (C=O) groups excluding carboxylic acids is 1. The first-order valence-corrected chi connectivity index (χ1v) is 9.92. The van der Waals surface area contributed by atoms with Gasteiger partial charge in [0.2, 0.25) is 6.79 Å². The van der Waals surface area contributed by atoms with Gasteiger partial charge in [-0.1, -0.05) is 12.1 Å². The Hall–Kier alpha value is -3.25. The lowest BCUT2D eigenvalue weighted by Crippen LogP contribution is -1.99. The first-order chi connectivity index (χ1) is 14.1. The van der Waals surface area contributed by atoms with E-state index < -0.39 is 0 Å². The second-order valence-electron chi connectivity index (χ2n) is 6.48. The van der Waals surface area contributed by atoms with E-state index in [0.717, 1.165) is 26.6 Å². The van der Waals surface area contributed by atoms with E-state index in [9.17, 15) is 4.79 Å². The van der Waals surface area contributed by atoms with E-state index in [1.807, 2.05) is 49.4 Å². The van der Waals surface area contributed by atoms with E-state index in [0.29, 0.717) is 23.9 Å². The minimum atomic E-state index is -0.00271. The van der Waals surface area contributed by atoms with E-state index in [1.54, 1.807) is 25.3 Å². The van der Waals surface area contributed by atoms with Crippen LogP contribution in [0.4, 0.5) is 0 Å². The van der Waals surface area contributed by atoms with E-state index >= 15 is 0 Å². The highest BCUT2D eigenvalue weighted by Gasteiger charge is 2.14. The Morgan fingerprint density at radius 1 is 1.10 bits per heavy atom. The van der Waals surface area contributed by atoms with Crippen LogP contribution in [0.5, 0.6) is 23.0 Å². The zero-order valence-corrected chi connectivity index (χ0v) is 17.0. The quantitative estimate of drug-likeness (QED) is 0.394. The number of aryl methyl sites for hydroxylation is 1. The van der Waals surface area contributed by atoms with Gasteiger partial charge in [-0.2, -0.15) is 0 Å². The van der Waals surface area contributed by atoms with Crippen molar-refractivity contribution >= 4 is 23.2 Å². The van der Waals surface area contributed by atoms with Gasteiger partial charge in [0.05, 0.1) is 12.0 Å². The van der Waals surface area contributed by atoms with Gasteiger partial charge in [-0.15, -0.1) is 11.3 Å². The monoisotopic (exact) mass is 408 g/mol. The Bertz CT molecular complexity index is 1070. The standard InChI is InChI=1S/C23H20O5S/c1-15-3-10-23(29-15)19(24)7-4-16-5-8-20(25-2)17(11-16)13-26-18-6-9-21-22(12-18)28-14-27-21/h3-12H,13-14H2,1-2H3/b7-4+. The molecule has 0 bridgehead atoms. The predicted octanol–water partition coefficient (Wildman–Crippen LogP) is 5.27. The molecular weight excluding hydrogens is 388 g/mol. The summed E-state index contributed by atoms with van der Waals surface area (Å²) in [6.45, 7) is 2.54. The molecule has 0 atom stereocenters. The van der Waals surface area contributed by atoms with Gasteiger partial charge in [0.15, 0.2) is 17.3 Å². The van der Waals surface area contributed by atoms with E-state index in [2.05, 4.69) is 0 Å². The molecule has 0 radical (unpaired) electrons. The maximum Gasteiger partial charge on any atom is 0.231 e. The van der Waals surface area contributed by atoms with E-state index in [1.165, 1.54) is 11.3 Å². The molecule has 0 spiro atoms. The minimum absolute atomic E-state index is 0.00271. The number of allylic oxidation sites excluding steroid dienone is 1. The van der Waals surface area contributed by atoms with Crippen molar-refractivity contribution in [3.05, 3.63) is 75.5 Å². The molecule has 5 nitrogen and oxygen atoms in total. The van der Waals surface area contributed by atoms with Crippen molar-refractivity contribution in [2.75, 3.05) is 13.9 Å². The summed E-state index contributed by atoms with van der Waals surface area (Å²) in [5.41, 5.74) is 1.78. The largest absolute Gasteiger partial charge is 0.496 e. The molecule has 1 aliphatic rings. The molecule has 3 aromatic rings. The van der Waals surface area contributed by atoms with Crippen molar-refractivity contribution in [3.8, 4) is 23.0 Å². The lowest BCUT2D eigenvalue weighted by Gasteiger charge is -2.11. The maximum atomic E-state index is 12.3. The Morgan fingerprint density at radius 2 is 1.97 bits per heavy atom. The molecule has 6 heteroatoms. The number of rotatable bonds is 7. The maximum absolute atomic E-state index is 12.3. The van der Waals surface area contributed by atoms with E-state index in [4.69, 9.17) is 18.9 Å². The molecule has 2 aromatic carbocycles. The zero-order valence-electron chi connectivity index (χ0n) is 16.1. The zero-order chi connectivity index (χ0) is 20.2. The van der Waals surface area contributed by atoms with Gasteiger partial charge < -0.3 is 18.9 Å². The van der Waals surface area contributed by atoms with Crippen LogP contribution in [-0.2, 0) is 6.61 Å². The van der Waals surface area contributed by atoms with Gasteiger partial charge in [0, 0.05) is 16.5 Å². The summed E-state index contributed by atoms with van der Waals surface area (Å²) in [4.78, 5) is 14.1. The topological polar surface area (TPSA) is 54.0 Å². The number of ether oxygens (including phenoxy) is 4. The third kappa shape index (κ3) is 4.43. The van der Waals surface area contributed by atoms with Crippen molar-refractivity contribution in [1.82, 2.24) is 0 Å². The number of hydrogen-bond donors (Lipinski definition) is 0. The number of hydrogen-bond acceptors (Lipinski definition) is 6. The summed E-state index contributed by atoms with van der Waals surface area (Å²) in [6, 6.07) is 15.0. The second kappa shape index (κ2) is 8.41. The van der Waals surface area contributed by atoms with Gasteiger partial charge in [0.1, 0.15) is 18.1 Å². The summed E-state index contributed by atoms with van der Waals surface area (Å²) in [5.74, 6) is 2.79. The highest BCUT2D eigenvalue weighted by atomic mass is 32.1. The number of carbonyl (C=O) groups is 1. The summed E-state index contributed by atoms with van der Waals surface area (Å²) in [5, 5.41) is 0. The number of methoxy groups -OCH3 is 1. The van der Waals surface area contributed by atoms with Crippen molar-refractivity contribution in [1.29, 1.82) is 0 Å². The molecule has 29 heavy (non-hydrogen) atoms. The number of fused-ring (bicyclic) bond motifs is 1. The Morgan fingerprint density at radius 3 is 2.76 bits per heavy atom. The van der Waals surface area contributed by atoms with Crippen LogP contribution in [0.15, 0.2) is 54.6 Å². The Balaban J connectivity index is 1.47. The van der Waals surface area contributed by atoms with Crippen molar-refractivity contribution in [3.63, 3.8) is 0 Å². The number of thiophene rings is 1. The first kappa shape index (κ1) is 19.1.